The molecule has 1 fully saturated rings. The standard InChI is InChI=1S/C33H32F3N5O2/c1-32(38,19-21-10-4-2-5-11-21)31-41-40-30(43-31)26-17-24(27-15-9-8-14-23(27)20-37)16-25(18-26)29(42)39-28(33(34,35)36)22-12-6-3-7-13-22/h2-15,24-26,28H,16-19,38H2,1H3,(H,39,42)/t24?,25?,26-,28?,32-/m1/s1. The molecule has 0 spiro atoms. The number of nitriles is 1. The van der Waals surface area contributed by atoms with Crippen LogP contribution in [0.2, 0.25) is 0 Å². The summed E-state index contributed by atoms with van der Waals surface area (Å²) in [4.78, 5) is 13.5. The van der Waals surface area contributed by atoms with Crippen LogP contribution >= 0.6 is 0 Å². The highest BCUT2D eigenvalue weighted by atomic mass is 19.4. The molecule has 7 nitrogen and oxygen atoms in total. The molecule has 0 radical (unpaired) electrons. The maximum atomic E-state index is 14.1. The van der Waals surface area contributed by atoms with E-state index in [-0.39, 0.29) is 36.1 Å². The molecule has 1 aromatic heterocycles. The topological polar surface area (TPSA) is 118 Å². The predicted molar refractivity (Wildman–Crippen MR) is 153 cm³/mol. The van der Waals surface area contributed by atoms with E-state index in [0.29, 0.717) is 18.4 Å². The summed E-state index contributed by atoms with van der Waals surface area (Å²) in [7, 11) is 0. The van der Waals surface area contributed by atoms with Crippen LogP contribution in [-0.2, 0) is 16.8 Å². The minimum atomic E-state index is -4.69. The second-order valence-electron chi connectivity index (χ2n) is 11.4. The Kier molecular flexibility index (Phi) is 8.64. The van der Waals surface area contributed by atoms with Crippen LogP contribution in [0.3, 0.4) is 0 Å². The van der Waals surface area contributed by atoms with Crippen molar-refractivity contribution in [3.63, 3.8) is 0 Å². The number of alkyl halides is 3. The van der Waals surface area contributed by atoms with E-state index in [4.69, 9.17) is 10.2 Å². The summed E-state index contributed by atoms with van der Waals surface area (Å²) < 4.78 is 48.4. The summed E-state index contributed by atoms with van der Waals surface area (Å²) >= 11 is 0. The third-order valence-electron chi connectivity index (χ3n) is 8.04. The molecule has 1 aliphatic carbocycles. The van der Waals surface area contributed by atoms with Gasteiger partial charge in [-0.1, -0.05) is 78.9 Å². The quantitative estimate of drug-likeness (QED) is 0.245. The van der Waals surface area contributed by atoms with Crippen LogP contribution < -0.4 is 11.1 Å². The van der Waals surface area contributed by atoms with Crippen molar-refractivity contribution in [1.29, 1.82) is 5.26 Å². The largest absolute Gasteiger partial charge is 0.423 e. The van der Waals surface area contributed by atoms with Crippen LogP contribution in [0.15, 0.2) is 89.3 Å². The minimum absolute atomic E-state index is 0.0516. The summed E-state index contributed by atoms with van der Waals surface area (Å²) in [5.41, 5.74) is 7.75. The molecule has 43 heavy (non-hydrogen) atoms. The van der Waals surface area contributed by atoms with Gasteiger partial charge in [0.1, 0.15) is 0 Å². The van der Waals surface area contributed by atoms with Gasteiger partial charge in [-0.3, -0.25) is 4.79 Å². The number of nitrogens with zero attached hydrogens (tertiary/aromatic N) is 3. The SMILES string of the molecule is C[C@@](N)(Cc1ccccc1)c1nnc([C@H]2CC(C(=O)NC(c3ccccc3)C(F)(F)F)CC(c3ccccc3C#N)C2)o1. The number of aromatic nitrogens is 2. The average Bonchev–Trinajstić information content (AvgIpc) is 3.51. The molecule has 4 aromatic rings. The van der Waals surface area contributed by atoms with Gasteiger partial charge in [-0.25, -0.2) is 0 Å². The number of amides is 1. The zero-order valence-corrected chi connectivity index (χ0v) is 23.6. The number of benzene rings is 3. The Morgan fingerprint density at radius 1 is 0.977 bits per heavy atom. The van der Waals surface area contributed by atoms with Crippen LogP contribution in [0.5, 0.6) is 0 Å². The molecule has 222 valence electrons. The molecular formula is C33H32F3N5O2. The van der Waals surface area contributed by atoms with Crippen molar-refractivity contribution in [3.8, 4) is 6.07 Å². The number of hydrogen-bond acceptors (Lipinski definition) is 6. The first-order valence-electron chi connectivity index (χ1n) is 14.1. The third-order valence-corrected chi connectivity index (χ3v) is 8.04. The smallest absolute Gasteiger partial charge is 0.412 e. The van der Waals surface area contributed by atoms with E-state index in [9.17, 15) is 23.2 Å². The van der Waals surface area contributed by atoms with Crippen LogP contribution in [0.25, 0.3) is 0 Å². The fourth-order valence-electron chi connectivity index (χ4n) is 5.93. The Labute approximate surface area is 247 Å². The fourth-order valence-corrected chi connectivity index (χ4v) is 5.93. The van der Waals surface area contributed by atoms with E-state index in [1.807, 2.05) is 36.4 Å². The lowest BCUT2D eigenvalue weighted by atomic mass is 9.71. The van der Waals surface area contributed by atoms with Gasteiger partial charge >= 0.3 is 6.18 Å². The molecule has 1 saturated carbocycles. The molecule has 1 amide bonds. The lowest BCUT2D eigenvalue weighted by Gasteiger charge is -2.34. The van der Waals surface area contributed by atoms with Gasteiger partial charge in [-0.2, -0.15) is 18.4 Å². The van der Waals surface area contributed by atoms with Crippen molar-refractivity contribution >= 4 is 5.91 Å². The van der Waals surface area contributed by atoms with E-state index in [1.54, 1.807) is 31.2 Å². The van der Waals surface area contributed by atoms with Crippen molar-refractivity contribution in [1.82, 2.24) is 15.5 Å². The second kappa shape index (κ2) is 12.4. The number of nitrogens with two attached hydrogens (primary N) is 1. The highest BCUT2D eigenvalue weighted by molar-refractivity contribution is 5.79. The van der Waals surface area contributed by atoms with Crippen molar-refractivity contribution in [2.24, 2.45) is 11.7 Å². The average molecular weight is 588 g/mol. The van der Waals surface area contributed by atoms with Gasteiger partial charge in [0, 0.05) is 11.8 Å². The van der Waals surface area contributed by atoms with Crippen LogP contribution in [0, 0.1) is 17.2 Å². The molecule has 1 heterocycles. The third kappa shape index (κ3) is 6.95. The fraction of sp³-hybridized carbons (Fsp3) is 0.333. The number of rotatable bonds is 8. The zero-order chi connectivity index (χ0) is 30.6. The van der Waals surface area contributed by atoms with Crippen LogP contribution in [0.4, 0.5) is 13.2 Å². The molecule has 0 aliphatic heterocycles. The Morgan fingerprint density at radius 2 is 1.60 bits per heavy atom. The second-order valence-corrected chi connectivity index (χ2v) is 11.4. The molecule has 0 saturated heterocycles. The predicted octanol–water partition coefficient (Wildman–Crippen LogP) is 6.45. The highest BCUT2D eigenvalue weighted by Crippen LogP contribution is 2.45. The summed E-state index contributed by atoms with van der Waals surface area (Å²) in [6.07, 6.45) is -3.29. The first-order valence-corrected chi connectivity index (χ1v) is 14.1. The summed E-state index contributed by atoms with van der Waals surface area (Å²) in [6.45, 7) is 1.79. The van der Waals surface area contributed by atoms with Gasteiger partial charge in [0.15, 0.2) is 6.04 Å². The number of nitrogens with one attached hydrogen (secondary N) is 1. The molecule has 1 aliphatic rings. The van der Waals surface area contributed by atoms with Crippen LogP contribution in [-0.4, -0.2) is 22.3 Å². The van der Waals surface area contributed by atoms with Gasteiger partial charge in [0.25, 0.3) is 0 Å². The van der Waals surface area contributed by atoms with E-state index in [0.717, 1.165) is 11.1 Å². The van der Waals surface area contributed by atoms with Crippen LogP contribution in [0.1, 0.15) is 78.1 Å². The Bertz CT molecular complexity index is 1580. The maximum Gasteiger partial charge on any atom is 0.412 e. The Hall–Kier alpha value is -4.49. The van der Waals surface area contributed by atoms with E-state index >= 15 is 0 Å². The number of carbonyl (C=O) groups is 1. The molecule has 5 rings (SSSR count). The first-order chi connectivity index (χ1) is 20.5. The molecule has 3 aromatic carbocycles. The van der Waals surface area contributed by atoms with E-state index in [1.165, 1.54) is 24.3 Å². The van der Waals surface area contributed by atoms with Gasteiger partial charge in [0.2, 0.25) is 17.7 Å². The lowest BCUT2D eigenvalue weighted by molar-refractivity contribution is -0.165. The molecule has 3 N–H and O–H groups in total. The van der Waals surface area contributed by atoms with Gasteiger partial charge in [-0.15, -0.1) is 10.2 Å². The lowest BCUT2D eigenvalue weighted by Crippen LogP contribution is -2.42. The van der Waals surface area contributed by atoms with Crippen molar-refractivity contribution in [2.45, 2.75) is 62.2 Å². The summed E-state index contributed by atoms with van der Waals surface area (Å²) in [5.74, 6) is -1.75. The van der Waals surface area contributed by atoms with Crippen molar-refractivity contribution < 1.29 is 22.4 Å². The summed E-state index contributed by atoms with van der Waals surface area (Å²) in [5, 5.41) is 20.5. The Balaban J connectivity index is 1.43. The van der Waals surface area contributed by atoms with E-state index < -0.39 is 35.5 Å². The van der Waals surface area contributed by atoms with Crippen molar-refractivity contribution in [2.75, 3.05) is 0 Å². The molecular weight excluding hydrogens is 555 g/mol. The summed E-state index contributed by atoms with van der Waals surface area (Å²) in [6, 6.07) is 24.1. The van der Waals surface area contributed by atoms with Gasteiger partial charge < -0.3 is 15.5 Å². The minimum Gasteiger partial charge on any atom is -0.423 e. The highest BCUT2D eigenvalue weighted by Gasteiger charge is 2.44. The first kappa shape index (κ1) is 30.0. The van der Waals surface area contributed by atoms with E-state index in [2.05, 4.69) is 21.6 Å². The zero-order valence-electron chi connectivity index (χ0n) is 23.6. The molecule has 3 unspecified atom stereocenters. The van der Waals surface area contributed by atoms with Gasteiger partial charge in [-0.05, 0) is 61.3 Å². The Morgan fingerprint density at radius 3 is 2.28 bits per heavy atom. The normalized spacial score (nSPS) is 20.9. The maximum absolute atomic E-state index is 14.1. The molecule has 0 bridgehead atoms. The number of carbonyl (C=O) groups excluding carboxylic acids is 1. The molecule has 5 atom stereocenters. The van der Waals surface area contributed by atoms with Gasteiger partial charge in [0.05, 0.1) is 17.2 Å². The number of hydrogen-bond donors (Lipinski definition) is 2. The monoisotopic (exact) mass is 587 g/mol. The number of halogens is 3. The van der Waals surface area contributed by atoms with Crippen molar-refractivity contribution in [3.05, 3.63) is 119 Å². The molecule has 10 heteroatoms.